The first kappa shape index (κ1) is 28.7. The summed E-state index contributed by atoms with van der Waals surface area (Å²) in [6.45, 7) is 8.20. The van der Waals surface area contributed by atoms with Crippen LogP contribution in [-0.4, -0.2) is 77.8 Å². The van der Waals surface area contributed by atoms with E-state index in [1.807, 2.05) is 20.8 Å². The van der Waals surface area contributed by atoms with Gasteiger partial charge in [0.1, 0.15) is 24.4 Å². The zero-order valence-electron chi connectivity index (χ0n) is 20.3. The monoisotopic (exact) mass is 457 g/mol. The highest BCUT2D eigenvalue weighted by molar-refractivity contribution is 5.89. The van der Waals surface area contributed by atoms with Crippen molar-refractivity contribution in [2.75, 3.05) is 20.3 Å². The molecule has 1 amide bonds. The summed E-state index contributed by atoms with van der Waals surface area (Å²) in [5.74, 6) is -1.44. The molecule has 0 spiro atoms. The zero-order chi connectivity index (χ0) is 24.3. The normalized spacial score (nSPS) is 20.5. The number of amides is 1. The van der Waals surface area contributed by atoms with Crippen LogP contribution in [0.15, 0.2) is 12.2 Å². The van der Waals surface area contributed by atoms with Crippen molar-refractivity contribution in [3.63, 3.8) is 0 Å². The van der Waals surface area contributed by atoms with Gasteiger partial charge in [0.2, 0.25) is 5.91 Å². The molecule has 0 heterocycles. The maximum atomic E-state index is 12.6. The van der Waals surface area contributed by atoms with Gasteiger partial charge in [-0.05, 0) is 18.3 Å². The van der Waals surface area contributed by atoms with E-state index in [-0.39, 0.29) is 23.8 Å². The van der Waals surface area contributed by atoms with Crippen molar-refractivity contribution in [1.82, 2.24) is 5.32 Å². The molecule has 1 saturated carbocycles. The molecule has 1 rings (SSSR count). The first-order valence-corrected chi connectivity index (χ1v) is 11.6. The van der Waals surface area contributed by atoms with Crippen LogP contribution in [0.25, 0.3) is 0 Å². The molecule has 0 aromatic rings. The van der Waals surface area contributed by atoms with Crippen LogP contribution in [0.1, 0.15) is 66.2 Å². The Morgan fingerprint density at radius 3 is 2.28 bits per heavy atom. The molecule has 0 aromatic heterocycles. The molecule has 1 aliphatic carbocycles. The second-order valence-electron chi connectivity index (χ2n) is 9.85. The van der Waals surface area contributed by atoms with E-state index >= 15 is 0 Å². The fourth-order valence-electron chi connectivity index (χ4n) is 3.66. The van der Waals surface area contributed by atoms with Crippen LogP contribution < -0.4 is 5.32 Å². The average Bonchev–Trinajstić information content (AvgIpc) is 2.74. The van der Waals surface area contributed by atoms with Crippen molar-refractivity contribution >= 4 is 11.7 Å². The lowest BCUT2D eigenvalue weighted by Gasteiger charge is -2.27. The van der Waals surface area contributed by atoms with Crippen molar-refractivity contribution in [1.29, 1.82) is 0 Å². The molecule has 0 aromatic carbocycles. The van der Waals surface area contributed by atoms with Gasteiger partial charge in [0, 0.05) is 26.0 Å². The first-order chi connectivity index (χ1) is 15.0. The number of allylic oxidation sites excluding steroid dienone is 1. The van der Waals surface area contributed by atoms with Crippen LogP contribution in [0.2, 0.25) is 0 Å². The molecule has 0 saturated heterocycles. The summed E-state index contributed by atoms with van der Waals surface area (Å²) in [4.78, 5) is 24.9. The Kier molecular flexibility index (Phi) is 12.6. The van der Waals surface area contributed by atoms with Gasteiger partial charge in [-0.25, -0.2) is 0 Å². The van der Waals surface area contributed by atoms with Gasteiger partial charge in [-0.15, -0.1) is 0 Å². The topological polar surface area (TPSA) is 125 Å². The Labute approximate surface area is 192 Å². The van der Waals surface area contributed by atoms with Gasteiger partial charge in [-0.2, -0.15) is 0 Å². The molecular formula is C24H43NO7. The number of hydrogen-bond acceptors (Lipinski definition) is 7. The van der Waals surface area contributed by atoms with Crippen LogP contribution in [0, 0.1) is 11.3 Å². The maximum absolute atomic E-state index is 12.6. The van der Waals surface area contributed by atoms with Gasteiger partial charge in [-0.1, -0.05) is 59.1 Å². The quantitative estimate of drug-likeness (QED) is 0.245. The molecule has 0 unspecified atom stereocenters. The molecule has 1 fully saturated rings. The number of carbonyl (C=O) groups is 2. The predicted octanol–water partition coefficient (Wildman–Crippen LogP) is 1.75. The summed E-state index contributed by atoms with van der Waals surface area (Å²) in [6.07, 6.45) is 2.98. The summed E-state index contributed by atoms with van der Waals surface area (Å²) in [7, 11) is 1.24. The van der Waals surface area contributed by atoms with E-state index < -0.39 is 36.1 Å². The molecule has 32 heavy (non-hydrogen) atoms. The molecule has 4 N–H and O–H groups in total. The highest BCUT2D eigenvalue weighted by atomic mass is 16.5. The number of ether oxygens (including phenoxy) is 2. The van der Waals surface area contributed by atoms with Crippen molar-refractivity contribution in [3.8, 4) is 0 Å². The maximum Gasteiger partial charge on any atom is 0.223 e. The Hall–Kier alpha value is -1.32. The second kappa shape index (κ2) is 14.1. The van der Waals surface area contributed by atoms with Crippen molar-refractivity contribution in [3.05, 3.63) is 12.2 Å². The highest BCUT2D eigenvalue weighted by Gasteiger charge is 2.36. The molecule has 186 valence electrons. The van der Waals surface area contributed by atoms with E-state index in [9.17, 15) is 24.9 Å². The second-order valence-corrected chi connectivity index (χ2v) is 9.85. The molecule has 1 aliphatic rings. The minimum Gasteiger partial charge on any atom is -0.387 e. The fraction of sp³-hybridized carbons (Fsp3) is 0.833. The smallest absolute Gasteiger partial charge is 0.223 e. The van der Waals surface area contributed by atoms with Gasteiger partial charge < -0.3 is 30.1 Å². The van der Waals surface area contributed by atoms with Crippen molar-refractivity contribution < 1.29 is 34.4 Å². The van der Waals surface area contributed by atoms with E-state index in [2.05, 4.69) is 5.32 Å². The zero-order valence-corrected chi connectivity index (χ0v) is 20.3. The third kappa shape index (κ3) is 10.5. The minimum atomic E-state index is -1.63. The molecule has 0 aliphatic heterocycles. The number of rotatable bonds is 13. The summed E-state index contributed by atoms with van der Waals surface area (Å²) < 4.78 is 10.9. The standard InChI is InChI=1S/C24H43NO7/c1-16(23(30)25-13-14-32-17-9-7-6-8-10-17)15-19(27)22(31-5)21(29)20(28)18(26)11-12-24(2,3)4/h11-12,16-18,20-22,26,28-29H,6-10,13-15H2,1-5H3,(H,25,30)/b12-11+/t16-,18-,20+,21-,22+/m1/s1. The summed E-state index contributed by atoms with van der Waals surface area (Å²) in [5, 5.41) is 33.5. The Morgan fingerprint density at radius 2 is 1.72 bits per heavy atom. The van der Waals surface area contributed by atoms with E-state index in [4.69, 9.17) is 9.47 Å². The van der Waals surface area contributed by atoms with Gasteiger partial charge in [0.15, 0.2) is 5.78 Å². The van der Waals surface area contributed by atoms with Crippen LogP contribution in [-0.2, 0) is 19.1 Å². The number of Topliss-reactive ketones (excluding diaryl/α,β-unsaturated/α-hetero) is 1. The Morgan fingerprint density at radius 1 is 1.09 bits per heavy atom. The largest absolute Gasteiger partial charge is 0.387 e. The number of aliphatic hydroxyl groups is 3. The predicted molar refractivity (Wildman–Crippen MR) is 122 cm³/mol. The minimum absolute atomic E-state index is 0.161. The van der Waals surface area contributed by atoms with Gasteiger partial charge in [-0.3, -0.25) is 9.59 Å². The summed E-state index contributed by atoms with van der Waals surface area (Å²) in [6, 6.07) is 0. The first-order valence-electron chi connectivity index (χ1n) is 11.6. The van der Waals surface area contributed by atoms with Gasteiger partial charge in [0.25, 0.3) is 0 Å². The summed E-state index contributed by atoms with van der Waals surface area (Å²) >= 11 is 0. The molecule has 0 radical (unpaired) electrons. The van der Waals surface area contributed by atoms with E-state index in [1.165, 1.54) is 32.4 Å². The fourth-order valence-corrected chi connectivity index (χ4v) is 3.66. The third-order valence-electron chi connectivity index (χ3n) is 5.64. The van der Waals surface area contributed by atoms with Crippen molar-refractivity contribution in [2.45, 2.75) is 96.7 Å². The van der Waals surface area contributed by atoms with Gasteiger partial charge >= 0.3 is 0 Å². The SMILES string of the molecule is CO[C@@H](C(=O)C[C@@H](C)C(=O)NCCOC1CCCCC1)[C@H](O)[C@@H](O)[C@H](O)/C=C/C(C)(C)C. The Balaban J connectivity index is 2.48. The number of aliphatic hydroxyl groups excluding tert-OH is 3. The number of carbonyl (C=O) groups excluding carboxylic acids is 2. The molecule has 0 bridgehead atoms. The average molecular weight is 458 g/mol. The van der Waals surface area contributed by atoms with E-state index in [0.29, 0.717) is 13.2 Å². The number of methoxy groups -OCH3 is 1. The lowest BCUT2D eigenvalue weighted by atomic mass is 9.92. The Bertz CT molecular complexity index is 596. The van der Waals surface area contributed by atoms with Gasteiger partial charge in [0.05, 0.1) is 12.7 Å². The number of ketones is 1. The lowest BCUT2D eigenvalue weighted by molar-refractivity contribution is -0.149. The molecule has 8 heteroatoms. The van der Waals surface area contributed by atoms with Crippen LogP contribution in [0.4, 0.5) is 0 Å². The number of nitrogens with one attached hydrogen (secondary N) is 1. The third-order valence-corrected chi connectivity index (χ3v) is 5.64. The van der Waals surface area contributed by atoms with Crippen LogP contribution >= 0.6 is 0 Å². The van der Waals surface area contributed by atoms with E-state index in [1.54, 1.807) is 13.0 Å². The molecule has 5 atom stereocenters. The van der Waals surface area contributed by atoms with E-state index in [0.717, 1.165) is 12.8 Å². The molecular weight excluding hydrogens is 414 g/mol. The highest BCUT2D eigenvalue weighted by Crippen LogP contribution is 2.20. The van der Waals surface area contributed by atoms with Crippen molar-refractivity contribution in [2.24, 2.45) is 11.3 Å². The lowest BCUT2D eigenvalue weighted by Crippen LogP contribution is -2.48. The summed E-state index contributed by atoms with van der Waals surface area (Å²) in [5.41, 5.74) is -0.216. The van der Waals surface area contributed by atoms with Crippen LogP contribution in [0.5, 0.6) is 0 Å². The molecule has 8 nitrogen and oxygen atoms in total. The van der Waals surface area contributed by atoms with Crippen LogP contribution in [0.3, 0.4) is 0 Å². The number of hydrogen-bond donors (Lipinski definition) is 4.